The van der Waals surface area contributed by atoms with Gasteiger partial charge in [0.1, 0.15) is 40.3 Å². The Hall–Kier alpha value is -9.20. The van der Waals surface area contributed by atoms with Gasteiger partial charge in [0, 0.05) is 52.4 Å². The largest absolute Gasteiger partial charge is 0.494 e. The van der Waals surface area contributed by atoms with Gasteiger partial charge in [-0.05, 0) is 259 Å². The van der Waals surface area contributed by atoms with Crippen molar-refractivity contribution in [2.24, 2.45) is 0 Å². The van der Waals surface area contributed by atoms with Crippen LogP contribution in [0.5, 0.6) is 23.0 Å². The van der Waals surface area contributed by atoms with Gasteiger partial charge >= 0.3 is 0 Å². The van der Waals surface area contributed by atoms with Gasteiger partial charge in [-0.2, -0.15) is 0 Å². The summed E-state index contributed by atoms with van der Waals surface area (Å²) in [5.41, 5.74) is 27.4. The molecule has 16 heteroatoms. The molecule has 8 bridgehead atoms. The molecule has 0 aliphatic heterocycles. The summed E-state index contributed by atoms with van der Waals surface area (Å²) < 4.78 is 27.9. The van der Waals surface area contributed by atoms with Crippen molar-refractivity contribution >= 4 is 117 Å². The van der Waals surface area contributed by atoms with Gasteiger partial charge in [-0.3, -0.25) is 0 Å². The lowest BCUT2D eigenvalue weighted by Crippen LogP contribution is -2.28. The molecule has 0 atom stereocenters. The molecule has 1 aliphatic carbocycles. The fourth-order valence-electron chi connectivity index (χ4n) is 16.4. The van der Waals surface area contributed by atoms with Crippen LogP contribution in [0.25, 0.3) is 44.5 Å². The Morgan fingerprint density at radius 1 is 0.250 bits per heavy atom. The highest BCUT2D eigenvalue weighted by molar-refractivity contribution is 8.11. The van der Waals surface area contributed by atoms with Crippen LogP contribution in [0, 0.1) is 0 Å². The zero-order valence-electron chi connectivity index (χ0n) is 69.2. The first kappa shape index (κ1) is 88.6. The first-order valence-corrected chi connectivity index (χ1v) is 45.6. The number of rotatable bonds is 36. The highest BCUT2D eigenvalue weighted by atomic mass is 32.1. The lowest BCUT2D eigenvalue weighted by Gasteiger charge is -2.29. The molecule has 0 amide bonds. The Kier molecular flexibility index (Phi) is 32.9. The van der Waals surface area contributed by atoms with Gasteiger partial charge in [0.25, 0.3) is 0 Å². The molecule has 120 heavy (non-hydrogen) atoms. The third kappa shape index (κ3) is 24.6. The van der Waals surface area contributed by atoms with Crippen LogP contribution in [-0.4, -0.2) is 89.5 Å². The minimum Gasteiger partial charge on any atom is -0.494 e. The van der Waals surface area contributed by atoms with E-state index in [2.05, 4.69) is 314 Å². The number of thiocarbonyl (C=S) groups is 4. The van der Waals surface area contributed by atoms with Gasteiger partial charge in [-0.15, -0.1) is 50.5 Å². The Morgan fingerprint density at radius 3 is 0.583 bits per heavy atom. The predicted octanol–water partition coefficient (Wildman–Crippen LogP) is 25.2. The quantitative estimate of drug-likeness (QED) is 0.0224. The minimum absolute atomic E-state index is 0.507. The van der Waals surface area contributed by atoms with Crippen molar-refractivity contribution in [1.29, 1.82) is 0 Å². The van der Waals surface area contributed by atoms with E-state index >= 15 is 0 Å². The fourth-order valence-corrected chi connectivity index (χ4v) is 17.7. The van der Waals surface area contributed by atoms with E-state index in [4.69, 9.17) is 118 Å². The molecule has 8 nitrogen and oxygen atoms in total. The molecule has 0 radical (unpaired) electrons. The summed E-state index contributed by atoms with van der Waals surface area (Å²) in [4.78, 5) is 9.02. The van der Waals surface area contributed by atoms with Crippen LogP contribution in [0.1, 0.15) is 142 Å². The second-order valence-electron chi connectivity index (χ2n) is 31.1. The normalized spacial score (nSPS) is 11.7. The molecule has 0 unspecified atom stereocenters. The topological polar surface area (TPSA) is 49.9 Å². The van der Waals surface area contributed by atoms with Crippen molar-refractivity contribution in [1.82, 2.24) is 19.6 Å². The molecule has 0 heterocycles. The second-order valence-corrected chi connectivity index (χ2v) is 35.6. The summed E-state index contributed by atoms with van der Waals surface area (Å²) in [6.07, 6.45) is 8.71. The van der Waals surface area contributed by atoms with E-state index in [0.717, 1.165) is 186 Å². The van der Waals surface area contributed by atoms with Gasteiger partial charge in [-0.1, -0.05) is 295 Å². The third-order valence-electron chi connectivity index (χ3n) is 22.1. The van der Waals surface area contributed by atoms with Crippen LogP contribution < -0.4 is 18.9 Å². The maximum atomic E-state index is 6.44. The molecule has 1 aliphatic rings. The molecule has 0 spiro atoms. The molecule has 0 fully saturated rings. The van der Waals surface area contributed by atoms with Crippen molar-refractivity contribution < 1.29 is 18.9 Å². The van der Waals surface area contributed by atoms with E-state index < -0.39 is 0 Å². The Bertz CT molecular complexity index is 4640. The molecule has 0 saturated carbocycles. The molecule has 12 aromatic carbocycles. The SMILES string of the molecule is CCCOc1ccc(-c2c3cc(CN(CCc4ccccc4)C(=S)S)cc2Cc2cc(CN(CCc4ccccc4)C(=S)S)cc(c2-c2ccc(OCCC)cc2)Cc2cc(CN(CCc4ccccc4)C(=S)S)cc(c2-c2ccc(OCCC)cc2)Cc2cc(CN(CCc4ccccc4)C(=S)S)cc(c2-c2ccc(OCCC)cc2)C3)cc1. The van der Waals surface area contributed by atoms with E-state index in [-0.39, 0.29) is 0 Å². The highest BCUT2D eigenvalue weighted by Crippen LogP contribution is 2.45. The summed E-state index contributed by atoms with van der Waals surface area (Å²) in [5.74, 6) is 3.28. The van der Waals surface area contributed by atoms with Gasteiger partial charge < -0.3 is 38.5 Å². The first-order valence-electron chi connectivity index (χ1n) is 42.1. The van der Waals surface area contributed by atoms with Crippen LogP contribution >= 0.6 is 99.4 Å². The lowest BCUT2D eigenvalue weighted by atomic mass is 9.79. The van der Waals surface area contributed by atoms with Crippen molar-refractivity contribution in [3.05, 3.63) is 356 Å². The number of hydrogen-bond donors (Lipinski definition) is 4. The summed E-state index contributed by atoms with van der Waals surface area (Å²) in [7, 11) is 0. The predicted molar refractivity (Wildman–Crippen MR) is 530 cm³/mol. The molecule has 0 aromatic heterocycles. The van der Waals surface area contributed by atoms with Gasteiger partial charge in [-0.25, -0.2) is 0 Å². The minimum atomic E-state index is 0.507. The third-order valence-corrected chi connectivity index (χ3v) is 24.2. The monoisotopic (exact) mass is 1730 g/mol. The summed E-state index contributed by atoms with van der Waals surface area (Å²) in [6, 6.07) is 97.7. The van der Waals surface area contributed by atoms with Crippen LogP contribution in [0.4, 0.5) is 0 Å². The van der Waals surface area contributed by atoms with Crippen molar-refractivity contribution in [2.75, 3.05) is 52.6 Å². The zero-order valence-corrected chi connectivity index (χ0v) is 76.1. The van der Waals surface area contributed by atoms with Crippen LogP contribution in [-0.2, 0) is 77.5 Å². The van der Waals surface area contributed by atoms with Crippen LogP contribution in [0.2, 0.25) is 0 Å². The molecule has 12 aromatic rings. The highest BCUT2D eigenvalue weighted by Gasteiger charge is 2.28. The van der Waals surface area contributed by atoms with Crippen molar-refractivity contribution in [3.8, 4) is 67.5 Å². The number of benzene rings is 12. The van der Waals surface area contributed by atoms with Gasteiger partial charge in [0.15, 0.2) is 0 Å². The number of ether oxygens (including phenoxy) is 4. The van der Waals surface area contributed by atoms with E-state index in [0.29, 0.717) is 122 Å². The molecular weight excluding hydrogens is 1630 g/mol. The zero-order chi connectivity index (χ0) is 83.7. The number of fused-ring (bicyclic) bond motifs is 8. The Labute approximate surface area is 755 Å². The smallest absolute Gasteiger partial charge is 0.133 e. The molecular formula is C104H108N4O4S8. The molecule has 0 N–H and O–H groups in total. The summed E-state index contributed by atoms with van der Waals surface area (Å²) >= 11 is 45.2. The number of hydrogen-bond acceptors (Lipinski definition) is 8. The average Bonchev–Trinajstić information content (AvgIpc) is 0.751. The summed E-state index contributed by atoms with van der Waals surface area (Å²) in [5, 5.41) is 0. The first-order chi connectivity index (χ1) is 58.5. The van der Waals surface area contributed by atoms with E-state index in [1.54, 1.807) is 0 Å². The maximum absolute atomic E-state index is 6.44. The van der Waals surface area contributed by atoms with E-state index in [1.807, 2.05) is 0 Å². The van der Waals surface area contributed by atoms with Crippen molar-refractivity contribution in [3.63, 3.8) is 0 Å². The number of thiol groups is 4. The standard InChI is InChI=1S/C104H108N4O4S8/c1-5-53-109-93-37-29-81(30-38-93)97-85-57-77(69-105(101(113)114)49-45-73-21-13-9-14-22-73)58-86(97)66-88-60-79(71-107(103(117)118)51-47-75-25-17-11-18-26-75)62-90(99(88)83-33-41-95(42-34-83)111-55-7-3)68-92-64-80(72-108(104(119)120)52-48-76-27-19-12-20-28-76)63-91(100(92)84-35-43-96(44-36-84)112-56-8-4)67-89-61-78(70-106(102(115)116)50-46-74-23-15-10-16-24-74)59-87(65-85)98(89)82-31-39-94(40-32-82)110-54-6-2/h9-44,57-64H,5-8,45-56,65-72H2,1-4H3,(H,113,114)(H,115,116)(H,117,118)(H,119,120). The van der Waals surface area contributed by atoms with Crippen LogP contribution in [0.15, 0.2) is 267 Å². The van der Waals surface area contributed by atoms with Gasteiger partial charge in [0.2, 0.25) is 0 Å². The van der Waals surface area contributed by atoms with E-state index in [1.165, 1.54) is 22.3 Å². The lowest BCUT2D eigenvalue weighted by molar-refractivity contribution is 0.317. The maximum Gasteiger partial charge on any atom is 0.133 e. The van der Waals surface area contributed by atoms with Gasteiger partial charge in [0.05, 0.1) is 26.4 Å². The Morgan fingerprint density at radius 2 is 0.425 bits per heavy atom. The molecule has 13 rings (SSSR count). The second kappa shape index (κ2) is 44.6. The number of nitrogens with zero attached hydrogens (tertiary/aromatic N) is 4. The molecule has 616 valence electrons. The summed E-state index contributed by atoms with van der Waals surface area (Å²) in [6.45, 7) is 15.7. The fraction of sp³-hybridized carbons (Fsp3) is 0.269. The Balaban J connectivity index is 1.16. The van der Waals surface area contributed by atoms with Crippen LogP contribution in [0.3, 0.4) is 0 Å². The molecule has 0 saturated heterocycles. The van der Waals surface area contributed by atoms with E-state index in [9.17, 15) is 0 Å². The average molecular weight is 1730 g/mol. The van der Waals surface area contributed by atoms with Crippen molar-refractivity contribution in [2.45, 2.75) is 131 Å².